The molecule has 3 heteroatoms. The number of halogens is 1. The Morgan fingerprint density at radius 2 is 1.93 bits per heavy atom. The summed E-state index contributed by atoms with van der Waals surface area (Å²) in [7, 11) is 2.12. The zero-order valence-electron chi connectivity index (χ0n) is 10.0. The molecule has 1 saturated carbocycles. The Hall–Kier alpha value is 0.400. The summed E-state index contributed by atoms with van der Waals surface area (Å²) in [5.74, 6) is 0. The van der Waals surface area contributed by atoms with Crippen LogP contribution < -0.4 is 0 Å². The Morgan fingerprint density at radius 3 is 2.40 bits per heavy atom. The van der Waals surface area contributed by atoms with Gasteiger partial charge in [0.05, 0.1) is 6.10 Å². The minimum Gasteiger partial charge on any atom is -0.392 e. The molecule has 1 aliphatic carbocycles. The maximum atomic E-state index is 9.36. The number of aliphatic hydroxyl groups is 1. The molecule has 0 aromatic carbocycles. The topological polar surface area (TPSA) is 23.5 Å². The van der Waals surface area contributed by atoms with Crippen molar-refractivity contribution in [1.29, 1.82) is 0 Å². The van der Waals surface area contributed by atoms with Crippen LogP contribution in [0.2, 0.25) is 0 Å². The lowest BCUT2D eigenvalue weighted by atomic mass is 9.75. The third kappa shape index (κ3) is 4.41. The van der Waals surface area contributed by atoms with E-state index in [0.717, 1.165) is 18.4 Å². The fourth-order valence-electron chi connectivity index (χ4n) is 2.72. The van der Waals surface area contributed by atoms with Crippen LogP contribution >= 0.6 is 15.9 Å². The zero-order valence-corrected chi connectivity index (χ0v) is 11.6. The molecule has 0 aromatic heterocycles. The van der Waals surface area contributed by atoms with Gasteiger partial charge in [0.2, 0.25) is 0 Å². The molecule has 1 fully saturated rings. The normalized spacial score (nSPS) is 23.0. The molecule has 0 radical (unpaired) electrons. The Kier molecular flexibility index (Phi) is 5.58. The smallest absolute Gasteiger partial charge is 0.0638 e. The Bertz CT molecular complexity index is 178. The summed E-state index contributed by atoms with van der Waals surface area (Å²) in [4.78, 5) is 2.28. The van der Waals surface area contributed by atoms with E-state index in [1.165, 1.54) is 32.1 Å². The average Bonchev–Trinajstić information content (AvgIpc) is 2.17. The van der Waals surface area contributed by atoms with Crippen molar-refractivity contribution in [3.05, 3.63) is 0 Å². The Labute approximate surface area is 102 Å². The number of aliphatic hydroxyl groups excluding tert-OH is 1. The van der Waals surface area contributed by atoms with Crippen molar-refractivity contribution in [3.63, 3.8) is 0 Å². The lowest BCUT2D eigenvalue weighted by Crippen LogP contribution is -2.41. The van der Waals surface area contributed by atoms with Crippen LogP contribution in [0.5, 0.6) is 0 Å². The van der Waals surface area contributed by atoms with Crippen molar-refractivity contribution in [2.75, 3.05) is 25.5 Å². The summed E-state index contributed by atoms with van der Waals surface area (Å²) in [5.41, 5.74) is 0.460. The van der Waals surface area contributed by atoms with E-state index < -0.39 is 0 Å². The van der Waals surface area contributed by atoms with Crippen molar-refractivity contribution in [2.24, 2.45) is 5.41 Å². The number of alkyl halides is 1. The lowest BCUT2D eigenvalue weighted by molar-refractivity contribution is 0.0955. The summed E-state index contributed by atoms with van der Waals surface area (Å²) in [6.45, 7) is 3.76. The van der Waals surface area contributed by atoms with Gasteiger partial charge in [-0.25, -0.2) is 0 Å². The average molecular weight is 278 g/mol. The summed E-state index contributed by atoms with van der Waals surface area (Å²) < 4.78 is 0. The van der Waals surface area contributed by atoms with Crippen LogP contribution in [0.4, 0.5) is 0 Å². The van der Waals surface area contributed by atoms with Gasteiger partial charge in [0.25, 0.3) is 0 Å². The monoisotopic (exact) mass is 277 g/mol. The number of hydrogen-bond acceptors (Lipinski definition) is 2. The SMILES string of the molecule is CC(O)CN(C)CC1(CBr)CCCCC1. The number of nitrogens with zero attached hydrogens (tertiary/aromatic N) is 1. The largest absolute Gasteiger partial charge is 0.392 e. The number of rotatable bonds is 5. The minimum atomic E-state index is -0.217. The molecule has 1 atom stereocenters. The van der Waals surface area contributed by atoms with Gasteiger partial charge >= 0.3 is 0 Å². The molecule has 0 bridgehead atoms. The zero-order chi connectivity index (χ0) is 11.3. The fraction of sp³-hybridized carbons (Fsp3) is 1.00. The molecular formula is C12H24BrNO. The van der Waals surface area contributed by atoms with Gasteiger partial charge in [-0.2, -0.15) is 0 Å². The predicted molar refractivity (Wildman–Crippen MR) is 68.5 cm³/mol. The predicted octanol–water partition coefficient (Wildman–Crippen LogP) is 2.64. The summed E-state index contributed by atoms with van der Waals surface area (Å²) in [5, 5.41) is 10.5. The van der Waals surface area contributed by atoms with Gasteiger partial charge in [-0.05, 0) is 32.2 Å². The van der Waals surface area contributed by atoms with Crippen LogP contribution in [0.1, 0.15) is 39.0 Å². The highest BCUT2D eigenvalue weighted by Gasteiger charge is 2.32. The maximum absolute atomic E-state index is 9.36. The van der Waals surface area contributed by atoms with Gasteiger partial charge in [-0.1, -0.05) is 35.2 Å². The summed E-state index contributed by atoms with van der Waals surface area (Å²) >= 11 is 3.67. The van der Waals surface area contributed by atoms with Crippen LogP contribution in [0.25, 0.3) is 0 Å². The maximum Gasteiger partial charge on any atom is 0.0638 e. The van der Waals surface area contributed by atoms with Crippen molar-refractivity contribution >= 4 is 15.9 Å². The van der Waals surface area contributed by atoms with Crippen LogP contribution in [0.15, 0.2) is 0 Å². The fourth-order valence-corrected chi connectivity index (χ4v) is 3.46. The molecule has 0 saturated heterocycles. The Morgan fingerprint density at radius 1 is 1.33 bits per heavy atom. The highest BCUT2D eigenvalue weighted by molar-refractivity contribution is 9.09. The van der Waals surface area contributed by atoms with Crippen molar-refractivity contribution in [3.8, 4) is 0 Å². The van der Waals surface area contributed by atoms with Crippen molar-refractivity contribution in [2.45, 2.75) is 45.1 Å². The lowest BCUT2D eigenvalue weighted by Gasteiger charge is -2.39. The molecule has 0 aliphatic heterocycles. The molecule has 1 N–H and O–H groups in total. The first-order valence-corrected chi connectivity index (χ1v) is 7.13. The molecule has 2 nitrogen and oxygen atoms in total. The van der Waals surface area contributed by atoms with Crippen molar-refractivity contribution in [1.82, 2.24) is 4.90 Å². The van der Waals surface area contributed by atoms with Gasteiger partial charge in [0.1, 0.15) is 0 Å². The van der Waals surface area contributed by atoms with E-state index >= 15 is 0 Å². The van der Waals surface area contributed by atoms with Crippen LogP contribution in [-0.4, -0.2) is 41.6 Å². The van der Waals surface area contributed by atoms with Gasteiger partial charge in [0, 0.05) is 18.4 Å². The standard InChI is InChI=1S/C12H24BrNO/c1-11(15)8-14(2)10-12(9-13)6-4-3-5-7-12/h11,15H,3-10H2,1-2H3. The van der Waals surface area contributed by atoms with Gasteiger partial charge in [-0.15, -0.1) is 0 Å². The molecule has 1 unspecified atom stereocenters. The summed E-state index contributed by atoms with van der Waals surface area (Å²) in [6.07, 6.45) is 6.59. The Balaban J connectivity index is 2.43. The van der Waals surface area contributed by atoms with Gasteiger partial charge in [0.15, 0.2) is 0 Å². The first kappa shape index (κ1) is 13.5. The van der Waals surface area contributed by atoms with Gasteiger partial charge < -0.3 is 10.0 Å². The third-order valence-electron chi connectivity index (χ3n) is 3.38. The molecule has 0 heterocycles. The highest BCUT2D eigenvalue weighted by Crippen LogP contribution is 2.38. The molecular weight excluding hydrogens is 254 g/mol. The second-order valence-corrected chi connectivity index (χ2v) is 5.80. The first-order chi connectivity index (χ1) is 7.08. The van der Waals surface area contributed by atoms with E-state index in [1.54, 1.807) is 0 Å². The van der Waals surface area contributed by atoms with E-state index in [1.807, 2.05) is 6.92 Å². The van der Waals surface area contributed by atoms with E-state index in [4.69, 9.17) is 0 Å². The quantitative estimate of drug-likeness (QED) is 0.781. The molecule has 1 rings (SSSR count). The minimum absolute atomic E-state index is 0.217. The third-order valence-corrected chi connectivity index (χ3v) is 4.57. The van der Waals surface area contributed by atoms with Crippen LogP contribution in [-0.2, 0) is 0 Å². The number of likely N-dealkylation sites (N-methyl/N-ethyl adjacent to an activating group) is 1. The summed E-state index contributed by atoms with van der Waals surface area (Å²) in [6, 6.07) is 0. The molecule has 0 aromatic rings. The molecule has 90 valence electrons. The van der Waals surface area contributed by atoms with E-state index in [0.29, 0.717) is 5.41 Å². The number of hydrogen-bond donors (Lipinski definition) is 1. The van der Waals surface area contributed by atoms with Crippen LogP contribution in [0.3, 0.4) is 0 Å². The first-order valence-electron chi connectivity index (χ1n) is 6.00. The molecule has 1 aliphatic rings. The molecule has 15 heavy (non-hydrogen) atoms. The second-order valence-electron chi connectivity index (χ2n) is 5.24. The van der Waals surface area contributed by atoms with Crippen molar-refractivity contribution < 1.29 is 5.11 Å². The van der Waals surface area contributed by atoms with E-state index in [2.05, 4.69) is 27.9 Å². The highest BCUT2D eigenvalue weighted by atomic mass is 79.9. The van der Waals surface area contributed by atoms with Crippen LogP contribution in [0, 0.1) is 5.41 Å². The van der Waals surface area contributed by atoms with E-state index in [9.17, 15) is 5.11 Å². The second kappa shape index (κ2) is 6.21. The van der Waals surface area contributed by atoms with E-state index in [-0.39, 0.29) is 6.10 Å². The molecule has 0 amide bonds. The van der Waals surface area contributed by atoms with Gasteiger partial charge in [-0.3, -0.25) is 0 Å². The molecule has 0 spiro atoms.